The van der Waals surface area contributed by atoms with E-state index in [1.54, 1.807) is 0 Å². The number of nitrogen functional groups attached to an aromatic ring is 2. The molecule has 0 atom stereocenters. The van der Waals surface area contributed by atoms with E-state index in [2.05, 4.69) is 70.8 Å². The molecule has 1 heterocycles. The van der Waals surface area contributed by atoms with Gasteiger partial charge in [0.1, 0.15) is 0 Å². The average Bonchev–Trinajstić information content (AvgIpc) is 2.77. The van der Waals surface area contributed by atoms with Crippen LogP contribution in [-0.2, 0) is 10.8 Å². The molecule has 0 aliphatic rings. The first kappa shape index (κ1) is 15.7. The van der Waals surface area contributed by atoms with Crippen LogP contribution in [0.15, 0.2) is 24.3 Å². The highest BCUT2D eigenvalue weighted by Crippen LogP contribution is 2.38. The van der Waals surface area contributed by atoms with E-state index in [1.165, 1.54) is 11.1 Å². The van der Waals surface area contributed by atoms with Gasteiger partial charge in [0.05, 0.1) is 22.4 Å². The highest BCUT2D eigenvalue weighted by Gasteiger charge is 2.20. The molecule has 0 aliphatic heterocycles. The lowest BCUT2D eigenvalue weighted by atomic mass is 9.84. The quantitative estimate of drug-likeness (QED) is 0.507. The van der Waals surface area contributed by atoms with Crippen LogP contribution in [0.5, 0.6) is 0 Å². The van der Waals surface area contributed by atoms with Gasteiger partial charge in [0.15, 0.2) is 0 Å². The maximum absolute atomic E-state index is 6.32. The van der Waals surface area contributed by atoms with Crippen molar-refractivity contribution in [2.45, 2.75) is 52.4 Å². The molecule has 23 heavy (non-hydrogen) atoms. The lowest BCUT2D eigenvalue weighted by Gasteiger charge is -2.20. The first-order valence-corrected chi connectivity index (χ1v) is 8.14. The second-order valence-corrected chi connectivity index (χ2v) is 8.60. The summed E-state index contributed by atoms with van der Waals surface area (Å²) in [7, 11) is 0. The van der Waals surface area contributed by atoms with Gasteiger partial charge in [-0.1, -0.05) is 41.5 Å². The summed E-state index contributed by atoms with van der Waals surface area (Å²) in [6.07, 6.45) is 0. The Balaban J connectivity index is 2.44. The van der Waals surface area contributed by atoms with Crippen LogP contribution in [0.3, 0.4) is 0 Å². The van der Waals surface area contributed by atoms with Gasteiger partial charge in [0.25, 0.3) is 0 Å². The Morgan fingerprint density at radius 2 is 1.00 bits per heavy atom. The van der Waals surface area contributed by atoms with Gasteiger partial charge < -0.3 is 16.5 Å². The first-order chi connectivity index (χ1) is 10.5. The molecule has 0 spiro atoms. The third-order valence-corrected chi connectivity index (χ3v) is 4.61. The molecule has 5 N–H and O–H groups in total. The Kier molecular flexibility index (Phi) is 3.19. The minimum Gasteiger partial charge on any atom is -0.397 e. The lowest BCUT2D eigenvalue weighted by molar-refractivity contribution is 0.591. The van der Waals surface area contributed by atoms with Crippen LogP contribution in [0, 0.1) is 0 Å². The van der Waals surface area contributed by atoms with E-state index in [0.717, 1.165) is 33.2 Å². The van der Waals surface area contributed by atoms with Gasteiger partial charge in [-0.2, -0.15) is 0 Å². The van der Waals surface area contributed by atoms with E-state index in [9.17, 15) is 0 Å². The van der Waals surface area contributed by atoms with E-state index >= 15 is 0 Å². The summed E-state index contributed by atoms with van der Waals surface area (Å²) in [5, 5.41) is 2.31. The summed E-state index contributed by atoms with van der Waals surface area (Å²) in [6.45, 7) is 13.2. The largest absolute Gasteiger partial charge is 0.397 e. The molecule has 0 aliphatic carbocycles. The molecule has 0 fully saturated rings. The van der Waals surface area contributed by atoms with Gasteiger partial charge in [0, 0.05) is 10.8 Å². The topological polar surface area (TPSA) is 67.8 Å². The Labute approximate surface area is 138 Å². The number of aromatic nitrogens is 1. The third-order valence-electron chi connectivity index (χ3n) is 4.61. The molecule has 3 aromatic rings. The highest BCUT2D eigenvalue weighted by atomic mass is 14.8. The molecule has 3 nitrogen and oxygen atoms in total. The Bertz CT molecular complexity index is 828. The lowest BCUT2D eigenvalue weighted by Crippen LogP contribution is -2.11. The van der Waals surface area contributed by atoms with Crippen molar-refractivity contribution in [3.8, 4) is 0 Å². The molecule has 0 bridgehead atoms. The molecule has 0 radical (unpaired) electrons. The summed E-state index contributed by atoms with van der Waals surface area (Å²) in [5.74, 6) is 0. The number of aromatic amines is 1. The van der Waals surface area contributed by atoms with Gasteiger partial charge in [-0.05, 0) is 46.2 Å². The number of anilines is 2. The zero-order valence-corrected chi connectivity index (χ0v) is 15.0. The van der Waals surface area contributed by atoms with Crippen molar-refractivity contribution in [2.75, 3.05) is 11.5 Å². The van der Waals surface area contributed by atoms with Crippen molar-refractivity contribution in [3.63, 3.8) is 0 Å². The number of hydrogen-bond donors (Lipinski definition) is 3. The molecule has 0 saturated carbocycles. The van der Waals surface area contributed by atoms with Gasteiger partial charge in [-0.3, -0.25) is 0 Å². The Morgan fingerprint density at radius 3 is 1.30 bits per heavy atom. The zero-order valence-electron chi connectivity index (χ0n) is 15.0. The standard InChI is InChI=1S/C20H27N3/c1-19(2,3)11-7-13-14-8-12(20(4,5)6)10-16(22)18(14)23-17(13)15(21)9-11/h7-10,23H,21-22H2,1-6H3. The van der Waals surface area contributed by atoms with E-state index in [-0.39, 0.29) is 10.8 Å². The van der Waals surface area contributed by atoms with Gasteiger partial charge in [0.2, 0.25) is 0 Å². The van der Waals surface area contributed by atoms with Gasteiger partial charge in [-0.15, -0.1) is 0 Å². The van der Waals surface area contributed by atoms with E-state index in [0.29, 0.717) is 0 Å². The van der Waals surface area contributed by atoms with E-state index in [1.807, 2.05) is 0 Å². The fraction of sp³-hybridized carbons (Fsp3) is 0.400. The van der Waals surface area contributed by atoms with Crippen molar-refractivity contribution in [2.24, 2.45) is 0 Å². The number of H-pyrrole nitrogens is 1. The van der Waals surface area contributed by atoms with Gasteiger partial charge >= 0.3 is 0 Å². The number of nitrogens with two attached hydrogens (primary N) is 2. The number of hydrogen-bond acceptors (Lipinski definition) is 2. The molecule has 3 heteroatoms. The Hall–Kier alpha value is -2.16. The number of benzene rings is 2. The van der Waals surface area contributed by atoms with Crippen molar-refractivity contribution in [1.82, 2.24) is 4.98 Å². The predicted octanol–water partition coefficient (Wildman–Crippen LogP) is 5.08. The summed E-state index contributed by atoms with van der Waals surface area (Å²) in [6, 6.07) is 8.63. The van der Waals surface area contributed by atoms with Crippen LogP contribution < -0.4 is 11.5 Å². The molecule has 122 valence electrons. The van der Waals surface area contributed by atoms with Crippen LogP contribution >= 0.6 is 0 Å². The van der Waals surface area contributed by atoms with Crippen molar-refractivity contribution in [3.05, 3.63) is 35.4 Å². The molecular formula is C20H27N3. The predicted molar refractivity (Wildman–Crippen MR) is 102 cm³/mol. The summed E-state index contributed by atoms with van der Waals surface area (Å²) in [5.41, 5.74) is 18.7. The molecule has 0 unspecified atom stereocenters. The molecule has 2 aromatic carbocycles. The fourth-order valence-electron chi connectivity index (χ4n) is 3.02. The second kappa shape index (κ2) is 4.67. The van der Waals surface area contributed by atoms with Crippen molar-refractivity contribution >= 4 is 33.2 Å². The van der Waals surface area contributed by atoms with Crippen LogP contribution in [0.4, 0.5) is 11.4 Å². The fourth-order valence-corrected chi connectivity index (χ4v) is 3.02. The highest BCUT2D eigenvalue weighted by molar-refractivity contribution is 6.14. The number of rotatable bonds is 0. The van der Waals surface area contributed by atoms with Crippen molar-refractivity contribution < 1.29 is 0 Å². The average molecular weight is 309 g/mol. The summed E-state index contributed by atoms with van der Waals surface area (Å²) in [4.78, 5) is 3.42. The normalized spacial score (nSPS) is 13.1. The van der Waals surface area contributed by atoms with Crippen LogP contribution in [0.2, 0.25) is 0 Å². The van der Waals surface area contributed by atoms with Crippen LogP contribution in [-0.4, -0.2) is 4.98 Å². The van der Waals surface area contributed by atoms with E-state index < -0.39 is 0 Å². The smallest absolute Gasteiger partial charge is 0.0699 e. The molecule has 0 saturated heterocycles. The third kappa shape index (κ3) is 2.54. The first-order valence-electron chi connectivity index (χ1n) is 8.14. The summed E-state index contributed by atoms with van der Waals surface area (Å²) >= 11 is 0. The molecular weight excluding hydrogens is 282 g/mol. The number of fused-ring (bicyclic) bond motifs is 3. The van der Waals surface area contributed by atoms with Crippen LogP contribution in [0.1, 0.15) is 52.7 Å². The minimum absolute atomic E-state index is 0.0546. The molecule has 1 aromatic heterocycles. The summed E-state index contributed by atoms with van der Waals surface area (Å²) < 4.78 is 0. The SMILES string of the molecule is CC(C)(C)c1cc(N)c2[nH]c3c(N)cc(C(C)(C)C)cc3c2c1. The second-order valence-electron chi connectivity index (χ2n) is 8.60. The van der Waals surface area contributed by atoms with Gasteiger partial charge in [-0.25, -0.2) is 0 Å². The minimum atomic E-state index is 0.0546. The maximum Gasteiger partial charge on any atom is 0.0699 e. The van der Waals surface area contributed by atoms with E-state index in [4.69, 9.17) is 11.5 Å². The maximum atomic E-state index is 6.32. The van der Waals surface area contributed by atoms with Crippen molar-refractivity contribution in [1.29, 1.82) is 0 Å². The molecule has 3 rings (SSSR count). The molecule has 0 amide bonds. The van der Waals surface area contributed by atoms with Crippen LogP contribution in [0.25, 0.3) is 21.8 Å². The Morgan fingerprint density at radius 1 is 0.652 bits per heavy atom. The monoisotopic (exact) mass is 309 g/mol. The zero-order chi connectivity index (χ0) is 17.2. The number of nitrogens with one attached hydrogen (secondary N) is 1.